The Morgan fingerprint density at radius 1 is 1.07 bits per heavy atom. The van der Waals surface area contributed by atoms with E-state index in [1.807, 2.05) is 30.3 Å². The minimum absolute atomic E-state index is 0.144. The number of nitrogens with one attached hydrogen (secondary N) is 1. The Hall–Kier alpha value is -2.99. The fraction of sp³-hybridized carbons (Fsp3) is 0.292. The molecule has 4 rings (SSSR count). The van der Waals surface area contributed by atoms with Gasteiger partial charge in [0.15, 0.2) is 5.11 Å². The molecule has 1 unspecified atom stereocenters. The van der Waals surface area contributed by atoms with Crippen LogP contribution in [0.2, 0.25) is 0 Å². The van der Waals surface area contributed by atoms with Crippen LogP contribution in [0.4, 0.5) is 0 Å². The number of rotatable bonds is 5. The van der Waals surface area contributed by atoms with Crippen molar-refractivity contribution < 1.29 is 4.52 Å². The highest BCUT2D eigenvalue weighted by Crippen LogP contribution is 2.37. The highest BCUT2D eigenvalue weighted by atomic mass is 32.1. The predicted octanol–water partition coefficient (Wildman–Crippen LogP) is 5.43. The van der Waals surface area contributed by atoms with Gasteiger partial charge in [-0.2, -0.15) is 4.98 Å². The maximum absolute atomic E-state index is 5.77. The number of aryl methyl sites for hydroxylation is 2. The van der Waals surface area contributed by atoms with Gasteiger partial charge in [-0.15, -0.1) is 0 Å². The molecular formula is C24H26N4OS. The van der Waals surface area contributed by atoms with Crippen molar-refractivity contribution in [3.63, 3.8) is 0 Å². The molecule has 30 heavy (non-hydrogen) atoms. The van der Waals surface area contributed by atoms with E-state index in [9.17, 15) is 0 Å². The Bertz CT molecular complexity index is 1100. The van der Waals surface area contributed by atoms with Crippen molar-refractivity contribution in [3.8, 4) is 11.4 Å². The first-order valence-electron chi connectivity index (χ1n) is 10.2. The molecule has 2 heterocycles. The van der Waals surface area contributed by atoms with Crippen molar-refractivity contribution in [2.45, 2.75) is 40.2 Å². The van der Waals surface area contributed by atoms with Crippen molar-refractivity contribution in [2.75, 3.05) is 6.54 Å². The molecule has 1 N–H and O–H groups in total. The van der Waals surface area contributed by atoms with Crippen LogP contribution in [0.25, 0.3) is 17.0 Å². The molecule has 0 spiro atoms. The standard InChI is InChI=1S/C24H26N4OS/c1-5-13-28-17(4)20(23-26-22(27-29-23)18-9-7-6-8-10-18)21(25-24(28)30)19-12-11-15(2)16(3)14-19/h6-12,14,21H,5,13H2,1-4H3,(H,25,30). The van der Waals surface area contributed by atoms with Gasteiger partial charge in [-0.3, -0.25) is 0 Å². The summed E-state index contributed by atoms with van der Waals surface area (Å²) < 4.78 is 5.77. The second-order valence-corrected chi connectivity index (χ2v) is 8.05. The molecule has 1 aliphatic rings. The van der Waals surface area contributed by atoms with Gasteiger partial charge in [0, 0.05) is 17.8 Å². The Labute approximate surface area is 182 Å². The third kappa shape index (κ3) is 3.75. The van der Waals surface area contributed by atoms with Gasteiger partial charge in [-0.25, -0.2) is 0 Å². The minimum Gasteiger partial charge on any atom is -0.351 e. The number of nitrogens with zero attached hydrogens (tertiary/aromatic N) is 3. The fourth-order valence-corrected chi connectivity index (χ4v) is 4.13. The van der Waals surface area contributed by atoms with Gasteiger partial charge in [0.05, 0.1) is 11.6 Å². The van der Waals surface area contributed by atoms with Gasteiger partial charge in [0.2, 0.25) is 5.82 Å². The third-order valence-electron chi connectivity index (χ3n) is 5.60. The first kappa shape index (κ1) is 20.3. The van der Waals surface area contributed by atoms with Gasteiger partial charge < -0.3 is 14.7 Å². The Morgan fingerprint density at radius 2 is 1.83 bits per heavy atom. The van der Waals surface area contributed by atoms with Gasteiger partial charge in [0.25, 0.3) is 5.89 Å². The molecule has 0 radical (unpaired) electrons. The molecule has 0 saturated carbocycles. The molecule has 0 saturated heterocycles. The molecule has 1 aromatic heterocycles. The van der Waals surface area contributed by atoms with Crippen LogP contribution in [0, 0.1) is 13.8 Å². The summed E-state index contributed by atoms with van der Waals surface area (Å²) in [6.07, 6.45) is 0.986. The van der Waals surface area contributed by atoms with Crippen LogP contribution in [-0.4, -0.2) is 26.7 Å². The average molecular weight is 419 g/mol. The largest absolute Gasteiger partial charge is 0.351 e. The quantitative estimate of drug-likeness (QED) is 0.558. The zero-order valence-electron chi connectivity index (χ0n) is 17.8. The first-order chi connectivity index (χ1) is 14.5. The summed E-state index contributed by atoms with van der Waals surface area (Å²) in [5.41, 5.74) is 6.57. The number of allylic oxidation sites excluding steroid dienone is 1. The van der Waals surface area contributed by atoms with Gasteiger partial charge >= 0.3 is 0 Å². The fourth-order valence-electron chi connectivity index (χ4n) is 3.78. The maximum Gasteiger partial charge on any atom is 0.258 e. The van der Waals surface area contributed by atoms with Crippen molar-refractivity contribution in [3.05, 3.63) is 76.8 Å². The molecule has 5 nitrogen and oxygen atoms in total. The van der Waals surface area contributed by atoms with E-state index in [1.165, 1.54) is 11.1 Å². The number of benzene rings is 2. The highest BCUT2D eigenvalue weighted by molar-refractivity contribution is 7.80. The predicted molar refractivity (Wildman–Crippen MR) is 124 cm³/mol. The van der Waals surface area contributed by atoms with Crippen molar-refractivity contribution in [1.82, 2.24) is 20.4 Å². The summed E-state index contributed by atoms with van der Waals surface area (Å²) >= 11 is 5.70. The molecule has 2 aromatic carbocycles. The normalized spacial score (nSPS) is 16.7. The van der Waals surface area contributed by atoms with E-state index in [0.717, 1.165) is 40.5 Å². The second kappa shape index (κ2) is 8.40. The number of hydrogen-bond donors (Lipinski definition) is 1. The summed E-state index contributed by atoms with van der Waals surface area (Å²) in [5.74, 6) is 1.10. The van der Waals surface area contributed by atoms with E-state index in [1.54, 1.807) is 0 Å². The molecule has 1 atom stereocenters. The summed E-state index contributed by atoms with van der Waals surface area (Å²) in [4.78, 5) is 6.86. The van der Waals surface area contributed by atoms with E-state index >= 15 is 0 Å². The molecule has 0 fully saturated rings. The maximum atomic E-state index is 5.77. The minimum atomic E-state index is -0.144. The van der Waals surface area contributed by atoms with Crippen LogP contribution < -0.4 is 5.32 Å². The summed E-state index contributed by atoms with van der Waals surface area (Å²) in [6.45, 7) is 9.30. The van der Waals surface area contributed by atoms with E-state index in [-0.39, 0.29) is 6.04 Å². The molecule has 0 bridgehead atoms. The van der Waals surface area contributed by atoms with Crippen molar-refractivity contribution >= 4 is 22.9 Å². The van der Waals surface area contributed by atoms with Crippen LogP contribution >= 0.6 is 12.2 Å². The van der Waals surface area contributed by atoms with Crippen LogP contribution in [0.3, 0.4) is 0 Å². The molecule has 154 valence electrons. The van der Waals surface area contributed by atoms with E-state index in [0.29, 0.717) is 11.7 Å². The lowest BCUT2D eigenvalue weighted by molar-refractivity contribution is 0.396. The number of aromatic nitrogens is 2. The summed E-state index contributed by atoms with van der Waals surface area (Å²) in [5, 5.41) is 8.49. The molecule has 3 aromatic rings. The van der Waals surface area contributed by atoms with Crippen LogP contribution in [-0.2, 0) is 0 Å². The Balaban J connectivity index is 1.83. The third-order valence-corrected chi connectivity index (χ3v) is 5.93. The zero-order chi connectivity index (χ0) is 21.3. The Kier molecular flexibility index (Phi) is 5.68. The van der Waals surface area contributed by atoms with E-state index in [2.05, 4.69) is 61.3 Å². The number of hydrogen-bond acceptors (Lipinski definition) is 4. The average Bonchev–Trinajstić information content (AvgIpc) is 3.23. The van der Waals surface area contributed by atoms with Crippen LogP contribution in [0.1, 0.15) is 48.9 Å². The Morgan fingerprint density at radius 3 is 2.53 bits per heavy atom. The summed E-state index contributed by atoms with van der Waals surface area (Å²) in [6, 6.07) is 16.2. The molecule has 1 aliphatic heterocycles. The van der Waals surface area contributed by atoms with E-state index in [4.69, 9.17) is 21.7 Å². The lowest BCUT2D eigenvalue weighted by atomic mass is 9.92. The lowest BCUT2D eigenvalue weighted by Crippen LogP contribution is -2.46. The SMILES string of the molecule is CCCN1C(=S)NC(c2ccc(C)c(C)c2)C(c2nc(-c3ccccc3)no2)=C1C. The number of thiocarbonyl (C=S) groups is 1. The lowest BCUT2D eigenvalue weighted by Gasteiger charge is -2.37. The van der Waals surface area contributed by atoms with Crippen LogP contribution in [0.5, 0.6) is 0 Å². The molecule has 0 aliphatic carbocycles. The van der Waals surface area contributed by atoms with E-state index < -0.39 is 0 Å². The monoisotopic (exact) mass is 418 g/mol. The van der Waals surface area contributed by atoms with Crippen molar-refractivity contribution in [2.24, 2.45) is 0 Å². The molecule has 0 amide bonds. The van der Waals surface area contributed by atoms with Gasteiger partial charge in [0.1, 0.15) is 0 Å². The van der Waals surface area contributed by atoms with Crippen LogP contribution in [0.15, 0.2) is 58.8 Å². The highest BCUT2D eigenvalue weighted by Gasteiger charge is 2.33. The zero-order valence-corrected chi connectivity index (χ0v) is 18.6. The topological polar surface area (TPSA) is 54.2 Å². The van der Waals surface area contributed by atoms with Crippen molar-refractivity contribution in [1.29, 1.82) is 0 Å². The second-order valence-electron chi connectivity index (χ2n) is 7.67. The van der Waals surface area contributed by atoms with Gasteiger partial charge in [-0.05, 0) is 56.1 Å². The molecular weight excluding hydrogens is 392 g/mol. The van der Waals surface area contributed by atoms with Gasteiger partial charge in [-0.1, -0.05) is 60.6 Å². The summed E-state index contributed by atoms with van der Waals surface area (Å²) in [7, 11) is 0. The molecule has 6 heteroatoms. The first-order valence-corrected chi connectivity index (χ1v) is 10.7. The smallest absolute Gasteiger partial charge is 0.258 e.